The maximum absolute atomic E-state index is 9.10. The monoisotopic (exact) mass is 207 g/mol. The van der Waals surface area contributed by atoms with Gasteiger partial charge in [0, 0.05) is 11.1 Å². The SMILES string of the molecule is C/C=C/c1cnc(-n2cc(O)cn2)s1. The fraction of sp³-hybridized carbons (Fsp3) is 0.111. The van der Waals surface area contributed by atoms with Crippen molar-refractivity contribution in [2.75, 3.05) is 0 Å². The molecule has 0 bridgehead atoms. The molecule has 0 aliphatic carbocycles. The highest BCUT2D eigenvalue weighted by Gasteiger charge is 2.03. The van der Waals surface area contributed by atoms with Crippen LogP contribution >= 0.6 is 11.3 Å². The standard InChI is InChI=1S/C9H9N3OS/c1-2-3-8-5-10-9(14-8)12-6-7(13)4-11-12/h2-6,13H,1H3/b3-2+. The Bertz CT molecular complexity index is 458. The highest BCUT2D eigenvalue weighted by Crippen LogP contribution is 2.19. The van der Waals surface area contributed by atoms with Gasteiger partial charge in [-0.15, -0.1) is 0 Å². The van der Waals surface area contributed by atoms with Crippen molar-refractivity contribution in [3.05, 3.63) is 29.5 Å². The number of allylic oxidation sites excluding steroid dienone is 1. The Labute approximate surface area is 85.2 Å². The molecule has 0 fully saturated rings. The number of aromatic nitrogens is 3. The molecular formula is C9H9N3OS. The quantitative estimate of drug-likeness (QED) is 0.820. The third kappa shape index (κ3) is 1.67. The Kier molecular flexibility index (Phi) is 2.32. The van der Waals surface area contributed by atoms with Gasteiger partial charge in [0.25, 0.3) is 0 Å². The van der Waals surface area contributed by atoms with E-state index in [-0.39, 0.29) is 5.75 Å². The van der Waals surface area contributed by atoms with Crippen molar-refractivity contribution in [2.24, 2.45) is 0 Å². The average molecular weight is 207 g/mol. The lowest BCUT2D eigenvalue weighted by Crippen LogP contribution is -1.91. The normalized spacial score (nSPS) is 11.2. The highest BCUT2D eigenvalue weighted by molar-refractivity contribution is 7.14. The molecule has 72 valence electrons. The Morgan fingerprint density at radius 1 is 1.50 bits per heavy atom. The molecule has 0 atom stereocenters. The summed E-state index contributed by atoms with van der Waals surface area (Å²) >= 11 is 1.52. The largest absolute Gasteiger partial charge is 0.505 e. The number of aromatic hydroxyl groups is 1. The zero-order valence-corrected chi connectivity index (χ0v) is 8.40. The van der Waals surface area contributed by atoms with E-state index in [2.05, 4.69) is 10.1 Å². The van der Waals surface area contributed by atoms with Gasteiger partial charge in [-0.25, -0.2) is 9.67 Å². The van der Waals surface area contributed by atoms with E-state index in [0.717, 1.165) is 10.0 Å². The minimum Gasteiger partial charge on any atom is -0.505 e. The van der Waals surface area contributed by atoms with Crippen LogP contribution in [0.25, 0.3) is 11.2 Å². The van der Waals surface area contributed by atoms with Crippen LogP contribution in [-0.4, -0.2) is 19.9 Å². The van der Waals surface area contributed by atoms with E-state index in [1.165, 1.54) is 23.7 Å². The van der Waals surface area contributed by atoms with Gasteiger partial charge in [-0.05, 0) is 13.0 Å². The predicted octanol–water partition coefficient (Wildman–Crippen LogP) is 2.07. The summed E-state index contributed by atoms with van der Waals surface area (Å²) in [5.74, 6) is 0.146. The van der Waals surface area contributed by atoms with Gasteiger partial charge in [-0.1, -0.05) is 17.4 Å². The third-order valence-electron chi connectivity index (χ3n) is 1.61. The summed E-state index contributed by atoms with van der Waals surface area (Å²) in [6.45, 7) is 1.96. The zero-order chi connectivity index (χ0) is 9.97. The van der Waals surface area contributed by atoms with Crippen LogP contribution in [0.2, 0.25) is 0 Å². The summed E-state index contributed by atoms with van der Waals surface area (Å²) in [5, 5.41) is 13.8. The van der Waals surface area contributed by atoms with Crippen LogP contribution in [0.3, 0.4) is 0 Å². The lowest BCUT2D eigenvalue weighted by Gasteiger charge is -1.90. The molecule has 1 N–H and O–H groups in total. The summed E-state index contributed by atoms with van der Waals surface area (Å²) in [4.78, 5) is 5.24. The average Bonchev–Trinajstić information content (AvgIpc) is 2.74. The van der Waals surface area contributed by atoms with Crippen molar-refractivity contribution >= 4 is 17.4 Å². The first-order valence-corrected chi connectivity index (χ1v) is 4.94. The second-order valence-electron chi connectivity index (χ2n) is 2.69. The molecule has 0 radical (unpaired) electrons. The van der Waals surface area contributed by atoms with E-state index in [4.69, 9.17) is 5.11 Å². The summed E-state index contributed by atoms with van der Waals surface area (Å²) in [7, 11) is 0. The van der Waals surface area contributed by atoms with Crippen LogP contribution in [0, 0.1) is 0 Å². The van der Waals surface area contributed by atoms with Crippen LogP contribution in [0.15, 0.2) is 24.7 Å². The van der Waals surface area contributed by atoms with Crippen molar-refractivity contribution < 1.29 is 5.11 Å². The van der Waals surface area contributed by atoms with Crippen molar-refractivity contribution in [2.45, 2.75) is 6.92 Å². The van der Waals surface area contributed by atoms with Crippen LogP contribution in [0.5, 0.6) is 5.75 Å². The molecule has 14 heavy (non-hydrogen) atoms. The van der Waals surface area contributed by atoms with E-state index < -0.39 is 0 Å². The molecule has 2 rings (SSSR count). The molecule has 4 nitrogen and oxygen atoms in total. The highest BCUT2D eigenvalue weighted by atomic mass is 32.1. The molecule has 2 aromatic heterocycles. The van der Waals surface area contributed by atoms with Crippen molar-refractivity contribution in [1.82, 2.24) is 14.8 Å². The van der Waals surface area contributed by atoms with E-state index in [1.54, 1.807) is 10.9 Å². The van der Waals surface area contributed by atoms with Crippen LogP contribution in [0.4, 0.5) is 0 Å². The van der Waals surface area contributed by atoms with Crippen LogP contribution in [-0.2, 0) is 0 Å². The number of nitrogens with zero attached hydrogens (tertiary/aromatic N) is 3. The first kappa shape index (κ1) is 8.96. The lowest BCUT2D eigenvalue weighted by molar-refractivity contribution is 0.475. The Hall–Kier alpha value is -1.62. The Morgan fingerprint density at radius 2 is 2.36 bits per heavy atom. The maximum Gasteiger partial charge on any atom is 0.210 e. The van der Waals surface area contributed by atoms with Gasteiger partial charge >= 0.3 is 0 Å². The molecule has 0 spiro atoms. The van der Waals surface area contributed by atoms with Crippen molar-refractivity contribution in [1.29, 1.82) is 0 Å². The molecular weight excluding hydrogens is 198 g/mol. The smallest absolute Gasteiger partial charge is 0.210 e. The molecule has 0 unspecified atom stereocenters. The molecule has 2 heterocycles. The number of hydrogen-bond donors (Lipinski definition) is 1. The molecule has 0 aliphatic rings. The molecule has 0 saturated carbocycles. The van der Waals surface area contributed by atoms with Gasteiger partial charge in [-0.3, -0.25) is 0 Å². The minimum absolute atomic E-state index is 0.146. The lowest BCUT2D eigenvalue weighted by atomic mass is 10.5. The molecule has 0 aromatic carbocycles. The molecule has 5 heteroatoms. The van der Waals surface area contributed by atoms with Gasteiger partial charge in [-0.2, -0.15) is 5.10 Å². The predicted molar refractivity (Wildman–Crippen MR) is 55.6 cm³/mol. The summed E-state index contributed by atoms with van der Waals surface area (Å²) in [6, 6.07) is 0. The number of hydrogen-bond acceptors (Lipinski definition) is 4. The minimum atomic E-state index is 0.146. The fourth-order valence-corrected chi connectivity index (χ4v) is 1.86. The molecule has 0 aliphatic heterocycles. The maximum atomic E-state index is 9.10. The van der Waals surface area contributed by atoms with Gasteiger partial charge < -0.3 is 5.11 Å². The number of rotatable bonds is 2. The second kappa shape index (κ2) is 3.63. The Morgan fingerprint density at radius 3 is 3.00 bits per heavy atom. The summed E-state index contributed by atoms with van der Waals surface area (Å²) < 4.78 is 1.55. The zero-order valence-electron chi connectivity index (χ0n) is 7.58. The van der Waals surface area contributed by atoms with Gasteiger partial charge in [0.1, 0.15) is 0 Å². The van der Waals surface area contributed by atoms with Crippen molar-refractivity contribution in [3.63, 3.8) is 0 Å². The van der Waals surface area contributed by atoms with E-state index in [9.17, 15) is 0 Å². The van der Waals surface area contributed by atoms with E-state index >= 15 is 0 Å². The van der Waals surface area contributed by atoms with Gasteiger partial charge in [0.15, 0.2) is 5.75 Å². The van der Waals surface area contributed by atoms with Crippen molar-refractivity contribution in [3.8, 4) is 10.9 Å². The summed E-state index contributed by atoms with van der Waals surface area (Å²) in [5.41, 5.74) is 0. The third-order valence-corrected chi connectivity index (χ3v) is 2.56. The summed E-state index contributed by atoms with van der Waals surface area (Å²) in [6.07, 6.45) is 8.62. The first-order chi connectivity index (χ1) is 6.79. The second-order valence-corrected chi connectivity index (χ2v) is 3.73. The van der Waals surface area contributed by atoms with Gasteiger partial charge in [0.2, 0.25) is 5.13 Å². The topological polar surface area (TPSA) is 50.9 Å². The van der Waals surface area contributed by atoms with Crippen LogP contribution in [0.1, 0.15) is 11.8 Å². The first-order valence-electron chi connectivity index (χ1n) is 4.12. The van der Waals surface area contributed by atoms with E-state index in [0.29, 0.717) is 0 Å². The fourth-order valence-electron chi connectivity index (χ4n) is 1.04. The number of thiazole rings is 1. The van der Waals surface area contributed by atoms with E-state index in [1.807, 2.05) is 19.1 Å². The van der Waals surface area contributed by atoms with Crippen LogP contribution < -0.4 is 0 Å². The molecule has 2 aromatic rings. The molecule has 0 saturated heterocycles. The Balaban J connectivity index is 2.33. The molecule has 0 amide bonds. The van der Waals surface area contributed by atoms with Gasteiger partial charge in [0.05, 0.1) is 12.4 Å².